The summed E-state index contributed by atoms with van der Waals surface area (Å²) in [5.41, 5.74) is 1.03. The van der Waals surface area contributed by atoms with E-state index in [1.165, 1.54) is 0 Å². The SMILES string of the molecule is CCN(CC)C(=O)c1cccc(NC(=O)C2C3C=CC(C3)C2C(=O)O)c1. The molecule has 6 nitrogen and oxygen atoms in total. The van der Waals surface area contributed by atoms with Crippen LogP contribution in [0.3, 0.4) is 0 Å². The van der Waals surface area contributed by atoms with Crippen LogP contribution in [-0.4, -0.2) is 40.9 Å². The van der Waals surface area contributed by atoms with Gasteiger partial charge in [0.1, 0.15) is 0 Å². The first kappa shape index (κ1) is 18.2. The van der Waals surface area contributed by atoms with Gasteiger partial charge in [0.05, 0.1) is 11.8 Å². The number of nitrogens with one attached hydrogen (secondary N) is 1. The van der Waals surface area contributed by atoms with E-state index in [9.17, 15) is 19.5 Å². The van der Waals surface area contributed by atoms with Crippen molar-refractivity contribution in [1.82, 2.24) is 4.90 Å². The van der Waals surface area contributed by atoms with E-state index in [1.807, 2.05) is 26.0 Å². The van der Waals surface area contributed by atoms with Crippen molar-refractivity contribution in [1.29, 1.82) is 0 Å². The van der Waals surface area contributed by atoms with E-state index in [-0.39, 0.29) is 23.7 Å². The number of allylic oxidation sites excluding steroid dienone is 2. The molecule has 2 bridgehead atoms. The van der Waals surface area contributed by atoms with Crippen molar-refractivity contribution in [3.63, 3.8) is 0 Å². The monoisotopic (exact) mass is 356 g/mol. The summed E-state index contributed by atoms with van der Waals surface area (Å²) >= 11 is 0. The summed E-state index contributed by atoms with van der Waals surface area (Å²) in [4.78, 5) is 38.5. The van der Waals surface area contributed by atoms with Crippen LogP contribution in [0.15, 0.2) is 36.4 Å². The standard InChI is InChI=1S/C20H24N2O4/c1-3-22(4-2)19(24)14-6-5-7-15(11-14)21-18(23)16-12-8-9-13(10-12)17(16)20(25)26/h5-9,11-13,16-17H,3-4,10H2,1-2H3,(H,21,23)(H,25,26). The molecule has 138 valence electrons. The van der Waals surface area contributed by atoms with E-state index in [2.05, 4.69) is 5.32 Å². The average molecular weight is 356 g/mol. The van der Waals surface area contributed by atoms with Crippen molar-refractivity contribution in [2.24, 2.45) is 23.7 Å². The number of carboxylic acid groups (broad SMARTS) is 1. The molecule has 3 rings (SSSR count). The highest BCUT2D eigenvalue weighted by atomic mass is 16.4. The topological polar surface area (TPSA) is 86.7 Å². The fourth-order valence-corrected chi connectivity index (χ4v) is 4.17. The second-order valence-corrected chi connectivity index (χ2v) is 6.89. The molecule has 2 amide bonds. The Morgan fingerprint density at radius 1 is 1.12 bits per heavy atom. The van der Waals surface area contributed by atoms with Gasteiger partial charge in [-0.2, -0.15) is 0 Å². The number of carbonyl (C=O) groups excluding carboxylic acids is 2. The second kappa shape index (κ2) is 7.32. The van der Waals surface area contributed by atoms with Gasteiger partial charge in [-0.15, -0.1) is 0 Å². The lowest BCUT2D eigenvalue weighted by Gasteiger charge is -2.24. The van der Waals surface area contributed by atoms with E-state index < -0.39 is 17.8 Å². The number of aliphatic carboxylic acids is 1. The maximum absolute atomic E-state index is 12.7. The maximum atomic E-state index is 12.7. The number of benzene rings is 1. The quantitative estimate of drug-likeness (QED) is 0.767. The molecule has 2 aliphatic rings. The van der Waals surface area contributed by atoms with Crippen LogP contribution in [0.1, 0.15) is 30.6 Å². The van der Waals surface area contributed by atoms with Crippen LogP contribution < -0.4 is 5.32 Å². The third-order valence-electron chi connectivity index (χ3n) is 5.47. The van der Waals surface area contributed by atoms with Crippen LogP contribution in [0.5, 0.6) is 0 Å². The molecule has 2 N–H and O–H groups in total. The molecule has 6 heteroatoms. The number of fused-ring (bicyclic) bond motifs is 2. The van der Waals surface area contributed by atoms with Crippen LogP contribution in [0.4, 0.5) is 5.69 Å². The molecule has 0 heterocycles. The molecule has 0 radical (unpaired) electrons. The van der Waals surface area contributed by atoms with Gasteiger partial charge in [0.15, 0.2) is 0 Å². The van der Waals surface area contributed by atoms with Crippen LogP contribution in [0.2, 0.25) is 0 Å². The van der Waals surface area contributed by atoms with Crippen molar-refractivity contribution in [3.05, 3.63) is 42.0 Å². The van der Waals surface area contributed by atoms with Crippen molar-refractivity contribution in [3.8, 4) is 0 Å². The molecule has 0 saturated heterocycles. The number of rotatable bonds is 6. The Morgan fingerprint density at radius 2 is 1.77 bits per heavy atom. The molecular formula is C20H24N2O4. The lowest BCUT2D eigenvalue weighted by atomic mass is 9.82. The summed E-state index contributed by atoms with van der Waals surface area (Å²) in [6.07, 6.45) is 4.58. The normalized spacial score (nSPS) is 25.9. The number of carboxylic acids is 1. The molecule has 26 heavy (non-hydrogen) atoms. The predicted octanol–water partition coefficient (Wildman–Crippen LogP) is 2.63. The van der Waals surface area contributed by atoms with E-state index in [1.54, 1.807) is 29.2 Å². The number of anilines is 1. The number of hydrogen-bond donors (Lipinski definition) is 2. The third kappa shape index (κ3) is 3.23. The smallest absolute Gasteiger partial charge is 0.307 e. The third-order valence-corrected chi connectivity index (χ3v) is 5.47. The minimum atomic E-state index is -0.924. The summed E-state index contributed by atoms with van der Waals surface area (Å²) in [7, 11) is 0. The van der Waals surface area contributed by atoms with Gasteiger partial charge in [0.25, 0.3) is 5.91 Å². The first-order valence-electron chi connectivity index (χ1n) is 9.07. The van der Waals surface area contributed by atoms with Gasteiger partial charge in [0.2, 0.25) is 5.91 Å². The van der Waals surface area contributed by atoms with Crippen LogP contribution in [0.25, 0.3) is 0 Å². The molecule has 0 spiro atoms. The summed E-state index contributed by atoms with van der Waals surface area (Å²) in [5.74, 6) is -2.63. The highest BCUT2D eigenvalue weighted by Gasteiger charge is 2.51. The van der Waals surface area contributed by atoms with Gasteiger partial charge in [-0.3, -0.25) is 14.4 Å². The van der Waals surface area contributed by atoms with Gasteiger partial charge in [-0.1, -0.05) is 18.2 Å². The zero-order valence-electron chi connectivity index (χ0n) is 15.0. The molecule has 2 aliphatic carbocycles. The van der Waals surface area contributed by atoms with Crippen molar-refractivity contribution in [2.45, 2.75) is 20.3 Å². The number of hydrogen-bond acceptors (Lipinski definition) is 3. The number of carbonyl (C=O) groups is 3. The zero-order chi connectivity index (χ0) is 18.8. The fraction of sp³-hybridized carbons (Fsp3) is 0.450. The van der Waals surface area contributed by atoms with Crippen molar-refractivity contribution < 1.29 is 19.5 Å². The number of amides is 2. The highest BCUT2D eigenvalue weighted by molar-refractivity contribution is 5.99. The molecule has 1 aromatic rings. The first-order valence-corrected chi connectivity index (χ1v) is 9.07. The maximum Gasteiger partial charge on any atom is 0.307 e. The first-order chi connectivity index (χ1) is 12.5. The Morgan fingerprint density at radius 3 is 2.38 bits per heavy atom. The summed E-state index contributed by atoms with van der Waals surface area (Å²) in [6, 6.07) is 6.81. The highest BCUT2D eigenvalue weighted by Crippen LogP contribution is 2.48. The Kier molecular flexibility index (Phi) is 5.11. The van der Waals surface area contributed by atoms with Gasteiger partial charge >= 0.3 is 5.97 Å². The summed E-state index contributed by atoms with van der Waals surface area (Å²) in [6.45, 7) is 5.07. The molecule has 0 aliphatic heterocycles. The van der Waals surface area contributed by atoms with Gasteiger partial charge in [-0.05, 0) is 50.3 Å². The Balaban J connectivity index is 1.76. The van der Waals surface area contributed by atoms with Crippen LogP contribution in [-0.2, 0) is 9.59 Å². The van der Waals surface area contributed by atoms with E-state index in [0.717, 1.165) is 6.42 Å². The Bertz CT molecular complexity index is 754. The van der Waals surface area contributed by atoms with Crippen molar-refractivity contribution in [2.75, 3.05) is 18.4 Å². The molecule has 0 aromatic heterocycles. The largest absolute Gasteiger partial charge is 0.481 e. The second-order valence-electron chi connectivity index (χ2n) is 6.89. The lowest BCUT2D eigenvalue weighted by Crippen LogP contribution is -2.36. The fourth-order valence-electron chi connectivity index (χ4n) is 4.17. The molecule has 4 unspecified atom stereocenters. The minimum absolute atomic E-state index is 0.0263. The van der Waals surface area contributed by atoms with E-state index in [4.69, 9.17) is 0 Å². The minimum Gasteiger partial charge on any atom is -0.481 e. The summed E-state index contributed by atoms with van der Waals surface area (Å²) in [5, 5.41) is 12.3. The Hall–Kier alpha value is -2.63. The average Bonchev–Trinajstić information content (AvgIpc) is 3.24. The van der Waals surface area contributed by atoms with E-state index >= 15 is 0 Å². The molecular weight excluding hydrogens is 332 g/mol. The molecule has 1 aromatic carbocycles. The van der Waals surface area contributed by atoms with Crippen molar-refractivity contribution >= 4 is 23.5 Å². The van der Waals surface area contributed by atoms with Gasteiger partial charge in [0, 0.05) is 24.3 Å². The predicted molar refractivity (Wildman–Crippen MR) is 97.7 cm³/mol. The van der Waals surface area contributed by atoms with Gasteiger partial charge in [-0.25, -0.2) is 0 Å². The molecule has 4 atom stereocenters. The molecule has 1 saturated carbocycles. The van der Waals surface area contributed by atoms with E-state index in [0.29, 0.717) is 24.3 Å². The molecule has 1 fully saturated rings. The zero-order valence-corrected chi connectivity index (χ0v) is 15.0. The Labute approximate surface area is 152 Å². The summed E-state index contributed by atoms with van der Waals surface area (Å²) < 4.78 is 0. The van der Waals surface area contributed by atoms with Gasteiger partial charge < -0.3 is 15.3 Å². The number of nitrogens with zero attached hydrogens (tertiary/aromatic N) is 1. The van der Waals surface area contributed by atoms with Crippen LogP contribution >= 0.6 is 0 Å². The van der Waals surface area contributed by atoms with Crippen LogP contribution in [0, 0.1) is 23.7 Å². The lowest BCUT2D eigenvalue weighted by molar-refractivity contribution is -0.146.